The van der Waals surface area contributed by atoms with E-state index in [9.17, 15) is 14.7 Å². The van der Waals surface area contributed by atoms with Crippen molar-refractivity contribution < 1.29 is 19.4 Å². The lowest BCUT2D eigenvalue weighted by Gasteiger charge is -2.29. The lowest BCUT2D eigenvalue weighted by atomic mass is 9.95. The van der Waals surface area contributed by atoms with Crippen molar-refractivity contribution >= 4 is 17.8 Å². The molecule has 2 aromatic carbocycles. The Bertz CT molecular complexity index is 1030. The summed E-state index contributed by atoms with van der Waals surface area (Å²) in [5.41, 5.74) is 1.69. The van der Waals surface area contributed by atoms with Gasteiger partial charge in [-0.2, -0.15) is 0 Å². The van der Waals surface area contributed by atoms with E-state index < -0.39 is 17.7 Å². The van der Waals surface area contributed by atoms with Gasteiger partial charge in [0.1, 0.15) is 5.75 Å². The van der Waals surface area contributed by atoms with Gasteiger partial charge in [0.05, 0.1) is 18.2 Å². The number of amides is 1. The van der Waals surface area contributed by atoms with Crippen LogP contribution in [-0.2, 0) is 9.59 Å². The standard InChI is InChI=1S/C27H32N2O4/c1-4-28(5-2)17-18-29-25(21-13-10-14-22(19-21)33-6-3)24(26(31)27(29)32)23(30)16-15-20-11-8-7-9-12-20/h7-16,19,25,31H,4-6,17-18H2,1-3H3/b16-15+. The Morgan fingerprint density at radius 1 is 1.09 bits per heavy atom. The zero-order chi connectivity index (χ0) is 23.8. The number of hydrogen-bond acceptors (Lipinski definition) is 5. The van der Waals surface area contributed by atoms with Crippen molar-refractivity contribution in [3.05, 3.63) is 83.1 Å². The Balaban J connectivity index is 1.97. The Morgan fingerprint density at radius 2 is 1.82 bits per heavy atom. The van der Waals surface area contributed by atoms with Crippen LogP contribution in [0.15, 0.2) is 72.0 Å². The van der Waals surface area contributed by atoms with Crippen molar-refractivity contribution in [3.63, 3.8) is 0 Å². The first kappa shape index (κ1) is 24.3. The molecule has 0 fully saturated rings. The molecule has 1 heterocycles. The van der Waals surface area contributed by atoms with Crippen molar-refractivity contribution in [2.75, 3.05) is 32.8 Å². The maximum Gasteiger partial charge on any atom is 0.290 e. The zero-order valence-electron chi connectivity index (χ0n) is 19.5. The number of likely N-dealkylation sites (N-methyl/N-ethyl adjacent to an activating group) is 1. The second-order valence-corrected chi connectivity index (χ2v) is 7.80. The van der Waals surface area contributed by atoms with Gasteiger partial charge in [0, 0.05) is 13.1 Å². The largest absolute Gasteiger partial charge is 0.503 e. The minimum atomic E-state index is -0.679. The summed E-state index contributed by atoms with van der Waals surface area (Å²) in [5.74, 6) is -0.736. The number of carbonyl (C=O) groups excluding carboxylic acids is 2. The van der Waals surface area contributed by atoms with Crippen LogP contribution in [0.2, 0.25) is 0 Å². The predicted molar refractivity (Wildman–Crippen MR) is 130 cm³/mol. The summed E-state index contributed by atoms with van der Waals surface area (Å²) in [5, 5.41) is 10.8. The fraction of sp³-hybridized carbons (Fsp3) is 0.333. The highest BCUT2D eigenvalue weighted by Crippen LogP contribution is 2.38. The number of carbonyl (C=O) groups is 2. The van der Waals surface area contributed by atoms with Crippen molar-refractivity contribution in [2.45, 2.75) is 26.8 Å². The molecule has 6 nitrogen and oxygen atoms in total. The first-order valence-electron chi connectivity index (χ1n) is 11.5. The molecule has 0 saturated carbocycles. The van der Waals surface area contributed by atoms with Crippen LogP contribution in [0.3, 0.4) is 0 Å². The Labute approximate surface area is 195 Å². The summed E-state index contributed by atoms with van der Waals surface area (Å²) in [4.78, 5) is 30.1. The molecule has 1 atom stereocenters. The van der Waals surface area contributed by atoms with Gasteiger partial charge in [-0.15, -0.1) is 0 Å². The van der Waals surface area contributed by atoms with Gasteiger partial charge >= 0.3 is 0 Å². The molecule has 174 valence electrons. The lowest BCUT2D eigenvalue weighted by Crippen LogP contribution is -2.38. The second kappa shape index (κ2) is 11.5. The Hall–Kier alpha value is -3.38. The minimum Gasteiger partial charge on any atom is -0.503 e. The van der Waals surface area contributed by atoms with Crippen molar-refractivity contribution in [1.82, 2.24) is 9.80 Å². The number of ether oxygens (including phenoxy) is 1. The predicted octanol–water partition coefficient (Wildman–Crippen LogP) is 4.41. The first-order valence-corrected chi connectivity index (χ1v) is 11.5. The lowest BCUT2D eigenvalue weighted by molar-refractivity contribution is -0.129. The first-order chi connectivity index (χ1) is 16.0. The average Bonchev–Trinajstić information content (AvgIpc) is 3.09. The van der Waals surface area contributed by atoms with E-state index in [-0.39, 0.29) is 11.4 Å². The number of aliphatic hydroxyl groups excluding tert-OH is 1. The summed E-state index contributed by atoms with van der Waals surface area (Å²) in [6.45, 7) is 9.29. The molecule has 0 spiro atoms. The highest BCUT2D eigenvalue weighted by molar-refractivity contribution is 6.14. The van der Waals surface area contributed by atoms with Crippen molar-refractivity contribution in [3.8, 4) is 5.75 Å². The number of aliphatic hydroxyl groups is 1. The van der Waals surface area contributed by atoms with E-state index in [1.807, 2.05) is 61.5 Å². The molecule has 33 heavy (non-hydrogen) atoms. The van der Waals surface area contributed by atoms with E-state index in [0.717, 1.165) is 24.2 Å². The van der Waals surface area contributed by atoms with Crippen LogP contribution in [0.4, 0.5) is 0 Å². The Kier molecular flexibility index (Phi) is 8.44. The van der Waals surface area contributed by atoms with Crippen molar-refractivity contribution in [1.29, 1.82) is 0 Å². The van der Waals surface area contributed by atoms with Gasteiger partial charge in [-0.1, -0.05) is 62.4 Å². The van der Waals surface area contributed by atoms with Crippen molar-refractivity contribution in [2.24, 2.45) is 0 Å². The average molecular weight is 449 g/mol. The number of ketones is 1. The maximum absolute atomic E-state index is 13.2. The van der Waals surface area contributed by atoms with Gasteiger partial charge in [-0.3, -0.25) is 9.59 Å². The molecule has 0 aromatic heterocycles. The summed E-state index contributed by atoms with van der Waals surface area (Å²) < 4.78 is 5.64. The van der Waals surface area contributed by atoms with Crippen LogP contribution < -0.4 is 4.74 Å². The van der Waals surface area contributed by atoms with Gasteiger partial charge in [-0.25, -0.2) is 0 Å². The molecule has 0 radical (unpaired) electrons. The molecule has 0 aliphatic carbocycles. The van der Waals surface area contributed by atoms with Crippen LogP contribution in [0.1, 0.15) is 37.9 Å². The summed E-state index contributed by atoms with van der Waals surface area (Å²) in [7, 11) is 0. The van der Waals surface area contributed by atoms with Crippen LogP contribution in [0.5, 0.6) is 5.75 Å². The van der Waals surface area contributed by atoms with Crippen LogP contribution >= 0.6 is 0 Å². The number of benzene rings is 2. The maximum atomic E-state index is 13.2. The van der Waals surface area contributed by atoms with E-state index in [0.29, 0.717) is 25.4 Å². The fourth-order valence-corrected chi connectivity index (χ4v) is 4.04. The molecule has 2 aromatic rings. The monoisotopic (exact) mass is 448 g/mol. The molecule has 1 N–H and O–H groups in total. The third-order valence-corrected chi connectivity index (χ3v) is 5.83. The van der Waals surface area contributed by atoms with Crippen LogP contribution in [0.25, 0.3) is 6.08 Å². The third-order valence-electron chi connectivity index (χ3n) is 5.83. The summed E-state index contributed by atoms with van der Waals surface area (Å²) in [6.07, 6.45) is 3.11. The molecule has 1 unspecified atom stereocenters. The van der Waals surface area contributed by atoms with Gasteiger partial charge in [0.25, 0.3) is 5.91 Å². The van der Waals surface area contributed by atoms with Gasteiger partial charge < -0.3 is 19.6 Å². The number of nitrogens with zero attached hydrogens (tertiary/aromatic N) is 2. The second-order valence-electron chi connectivity index (χ2n) is 7.80. The molecule has 0 bridgehead atoms. The summed E-state index contributed by atoms with van der Waals surface area (Å²) >= 11 is 0. The third kappa shape index (κ3) is 5.71. The number of hydrogen-bond donors (Lipinski definition) is 1. The molecule has 1 aliphatic heterocycles. The zero-order valence-corrected chi connectivity index (χ0v) is 19.5. The highest BCUT2D eigenvalue weighted by atomic mass is 16.5. The molecular weight excluding hydrogens is 416 g/mol. The molecular formula is C27H32N2O4. The number of rotatable bonds is 11. The normalized spacial score (nSPS) is 16.3. The molecule has 3 rings (SSSR count). The van der Waals surface area contributed by atoms with Crippen LogP contribution in [0, 0.1) is 0 Å². The van der Waals surface area contributed by atoms with Gasteiger partial charge in [0.15, 0.2) is 11.5 Å². The minimum absolute atomic E-state index is 0.0976. The van der Waals surface area contributed by atoms with Gasteiger partial charge in [-0.05, 0) is 49.3 Å². The molecule has 6 heteroatoms. The van der Waals surface area contributed by atoms with E-state index in [2.05, 4.69) is 18.7 Å². The highest BCUT2D eigenvalue weighted by Gasteiger charge is 2.42. The fourth-order valence-electron chi connectivity index (χ4n) is 4.04. The van der Waals surface area contributed by atoms with Gasteiger partial charge in [0.2, 0.25) is 0 Å². The smallest absolute Gasteiger partial charge is 0.290 e. The van der Waals surface area contributed by atoms with E-state index >= 15 is 0 Å². The quantitative estimate of drug-likeness (QED) is 0.516. The molecule has 0 saturated heterocycles. The Morgan fingerprint density at radius 3 is 2.48 bits per heavy atom. The van der Waals surface area contributed by atoms with E-state index in [1.165, 1.54) is 6.08 Å². The molecule has 1 amide bonds. The SMILES string of the molecule is CCOc1cccc(C2C(C(=O)/C=C/c3ccccc3)=C(O)C(=O)N2CCN(CC)CC)c1. The molecule has 1 aliphatic rings. The topological polar surface area (TPSA) is 70.1 Å². The van der Waals surface area contributed by atoms with E-state index in [4.69, 9.17) is 4.74 Å². The van der Waals surface area contributed by atoms with Crippen LogP contribution in [-0.4, -0.2) is 59.4 Å². The number of allylic oxidation sites excluding steroid dienone is 1. The van der Waals surface area contributed by atoms with E-state index in [1.54, 1.807) is 11.0 Å². The summed E-state index contributed by atoms with van der Waals surface area (Å²) in [6, 6.07) is 16.1.